The maximum absolute atomic E-state index is 6.09. The summed E-state index contributed by atoms with van der Waals surface area (Å²) < 4.78 is 6.09. The molecule has 4 atom stereocenters. The summed E-state index contributed by atoms with van der Waals surface area (Å²) in [6.45, 7) is 11.2. The third-order valence-electron chi connectivity index (χ3n) is 3.95. The standard InChI is InChI=1S/C12H23BrO/c1-6-12(5)10(13)7-11(12)14-9(4)8(2)3/h8-11H,6-7H2,1-5H3. The van der Waals surface area contributed by atoms with Crippen molar-refractivity contribution in [1.29, 1.82) is 0 Å². The zero-order chi connectivity index (χ0) is 10.9. The van der Waals surface area contributed by atoms with E-state index >= 15 is 0 Å². The quantitative estimate of drug-likeness (QED) is 0.696. The maximum atomic E-state index is 6.09. The average molecular weight is 263 g/mol. The summed E-state index contributed by atoms with van der Waals surface area (Å²) in [5.74, 6) is 0.616. The number of halogens is 1. The minimum absolute atomic E-state index is 0.350. The Bertz CT molecular complexity index is 193. The van der Waals surface area contributed by atoms with E-state index in [0.717, 1.165) is 0 Å². The van der Waals surface area contributed by atoms with Crippen molar-refractivity contribution in [3.8, 4) is 0 Å². The highest BCUT2D eigenvalue weighted by molar-refractivity contribution is 9.09. The van der Waals surface area contributed by atoms with E-state index in [1.54, 1.807) is 0 Å². The first-order valence-corrected chi connectivity index (χ1v) is 6.63. The fourth-order valence-corrected chi connectivity index (χ4v) is 2.80. The van der Waals surface area contributed by atoms with E-state index in [-0.39, 0.29) is 0 Å². The molecule has 0 aromatic carbocycles. The van der Waals surface area contributed by atoms with Crippen LogP contribution in [-0.2, 0) is 4.74 Å². The van der Waals surface area contributed by atoms with Crippen LogP contribution in [0.4, 0.5) is 0 Å². The molecule has 4 unspecified atom stereocenters. The zero-order valence-electron chi connectivity index (χ0n) is 10.0. The van der Waals surface area contributed by atoms with Crippen molar-refractivity contribution in [1.82, 2.24) is 0 Å². The number of hydrogen-bond donors (Lipinski definition) is 0. The SMILES string of the molecule is CCC1(C)C(Br)CC1OC(C)C(C)C. The molecular weight excluding hydrogens is 240 g/mol. The van der Waals surface area contributed by atoms with Gasteiger partial charge in [0.15, 0.2) is 0 Å². The molecule has 1 nitrogen and oxygen atoms in total. The molecule has 84 valence electrons. The molecule has 1 aliphatic carbocycles. The van der Waals surface area contributed by atoms with Gasteiger partial charge in [0.05, 0.1) is 12.2 Å². The van der Waals surface area contributed by atoms with Crippen LogP contribution in [0.2, 0.25) is 0 Å². The van der Waals surface area contributed by atoms with Crippen LogP contribution in [0.1, 0.15) is 47.5 Å². The van der Waals surface area contributed by atoms with Gasteiger partial charge in [0.1, 0.15) is 0 Å². The van der Waals surface area contributed by atoms with Gasteiger partial charge in [-0.2, -0.15) is 0 Å². The highest BCUT2D eigenvalue weighted by atomic mass is 79.9. The number of rotatable bonds is 4. The molecule has 0 spiro atoms. The summed E-state index contributed by atoms with van der Waals surface area (Å²) in [6.07, 6.45) is 3.19. The van der Waals surface area contributed by atoms with E-state index in [9.17, 15) is 0 Å². The van der Waals surface area contributed by atoms with E-state index in [0.29, 0.717) is 28.4 Å². The van der Waals surface area contributed by atoms with E-state index < -0.39 is 0 Å². The zero-order valence-corrected chi connectivity index (χ0v) is 11.6. The molecule has 0 N–H and O–H groups in total. The van der Waals surface area contributed by atoms with Crippen LogP contribution < -0.4 is 0 Å². The second-order valence-electron chi connectivity index (χ2n) is 5.14. The molecular formula is C12H23BrO. The van der Waals surface area contributed by atoms with Crippen LogP contribution in [-0.4, -0.2) is 17.0 Å². The van der Waals surface area contributed by atoms with Crippen molar-refractivity contribution < 1.29 is 4.74 Å². The molecule has 0 aromatic heterocycles. The van der Waals surface area contributed by atoms with Crippen LogP contribution in [0, 0.1) is 11.3 Å². The van der Waals surface area contributed by atoms with Gasteiger partial charge < -0.3 is 4.74 Å². The maximum Gasteiger partial charge on any atom is 0.0653 e. The fourth-order valence-electron chi connectivity index (χ4n) is 1.84. The van der Waals surface area contributed by atoms with Crippen LogP contribution in [0.25, 0.3) is 0 Å². The van der Waals surface area contributed by atoms with E-state index in [2.05, 4.69) is 50.5 Å². The van der Waals surface area contributed by atoms with Crippen LogP contribution in [0.3, 0.4) is 0 Å². The second-order valence-corrected chi connectivity index (χ2v) is 6.24. The second kappa shape index (κ2) is 4.52. The molecule has 1 aliphatic rings. The Morgan fingerprint density at radius 3 is 2.36 bits per heavy atom. The summed E-state index contributed by atoms with van der Waals surface area (Å²) in [5.41, 5.74) is 0.350. The summed E-state index contributed by atoms with van der Waals surface area (Å²) in [6, 6.07) is 0. The Morgan fingerprint density at radius 2 is 2.00 bits per heavy atom. The number of hydrogen-bond acceptors (Lipinski definition) is 1. The largest absolute Gasteiger partial charge is 0.374 e. The van der Waals surface area contributed by atoms with Crippen LogP contribution >= 0.6 is 15.9 Å². The molecule has 1 saturated carbocycles. The van der Waals surface area contributed by atoms with Gasteiger partial charge in [-0.25, -0.2) is 0 Å². The molecule has 1 rings (SSSR count). The van der Waals surface area contributed by atoms with E-state index in [1.807, 2.05) is 0 Å². The minimum atomic E-state index is 0.350. The predicted octanol–water partition coefficient (Wildman–Crippen LogP) is 4.00. The molecule has 0 aliphatic heterocycles. The summed E-state index contributed by atoms with van der Waals surface area (Å²) in [4.78, 5) is 0.643. The van der Waals surface area contributed by atoms with Gasteiger partial charge in [0.2, 0.25) is 0 Å². The first kappa shape index (κ1) is 12.5. The lowest BCUT2D eigenvalue weighted by molar-refractivity contribution is -0.136. The molecule has 0 saturated heterocycles. The average Bonchev–Trinajstić information content (AvgIpc) is 2.15. The Kier molecular flexibility index (Phi) is 4.04. The minimum Gasteiger partial charge on any atom is -0.374 e. The van der Waals surface area contributed by atoms with Gasteiger partial charge in [-0.1, -0.05) is 43.6 Å². The Balaban J connectivity index is 2.48. The third kappa shape index (κ3) is 2.16. The molecule has 1 fully saturated rings. The summed E-state index contributed by atoms with van der Waals surface area (Å²) >= 11 is 3.73. The first-order valence-electron chi connectivity index (χ1n) is 5.71. The lowest BCUT2D eigenvalue weighted by Crippen LogP contribution is -2.54. The lowest BCUT2D eigenvalue weighted by Gasteiger charge is -2.52. The topological polar surface area (TPSA) is 9.23 Å². The van der Waals surface area contributed by atoms with Crippen LogP contribution in [0.5, 0.6) is 0 Å². The molecule has 14 heavy (non-hydrogen) atoms. The van der Waals surface area contributed by atoms with Gasteiger partial charge in [0.25, 0.3) is 0 Å². The van der Waals surface area contributed by atoms with Crippen LogP contribution in [0.15, 0.2) is 0 Å². The van der Waals surface area contributed by atoms with Gasteiger partial charge >= 0.3 is 0 Å². The fraction of sp³-hybridized carbons (Fsp3) is 1.00. The van der Waals surface area contributed by atoms with Crippen molar-refractivity contribution in [2.75, 3.05) is 0 Å². The molecule has 0 radical (unpaired) electrons. The van der Waals surface area contributed by atoms with Crippen molar-refractivity contribution in [3.63, 3.8) is 0 Å². The summed E-state index contributed by atoms with van der Waals surface area (Å²) in [5, 5.41) is 0. The Labute approximate surface area is 96.7 Å². The molecule has 0 heterocycles. The van der Waals surface area contributed by atoms with Gasteiger partial charge in [-0.3, -0.25) is 0 Å². The Morgan fingerprint density at radius 1 is 1.43 bits per heavy atom. The monoisotopic (exact) mass is 262 g/mol. The molecule has 0 bridgehead atoms. The highest BCUT2D eigenvalue weighted by Crippen LogP contribution is 2.50. The highest BCUT2D eigenvalue weighted by Gasteiger charge is 2.50. The van der Waals surface area contributed by atoms with Crippen molar-refractivity contribution in [2.24, 2.45) is 11.3 Å². The smallest absolute Gasteiger partial charge is 0.0653 e. The third-order valence-corrected chi connectivity index (χ3v) is 5.37. The van der Waals surface area contributed by atoms with Crippen molar-refractivity contribution >= 4 is 15.9 Å². The van der Waals surface area contributed by atoms with Gasteiger partial charge in [0, 0.05) is 10.2 Å². The normalized spacial score (nSPS) is 39.6. The van der Waals surface area contributed by atoms with Crippen molar-refractivity contribution in [2.45, 2.75) is 64.5 Å². The van der Waals surface area contributed by atoms with Gasteiger partial charge in [-0.15, -0.1) is 0 Å². The number of alkyl halides is 1. The molecule has 0 amide bonds. The Hall–Kier alpha value is 0.440. The lowest BCUT2D eigenvalue weighted by atomic mass is 9.65. The molecule has 0 aromatic rings. The number of ether oxygens (including phenoxy) is 1. The summed E-state index contributed by atoms with van der Waals surface area (Å²) in [7, 11) is 0. The van der Waals surface area contributed by atoms with Gasteiger partial charge in [-0.05, 0) is 25.7 Å². The van der Waals surface area contributed by atoms with E-state index in [4.69, 9.17) is 4.74 Å². The molecule has 2 heteroatoms. The van der Waals surface area contributed by atoms with E-state index in [1.165, 1.54) is 12.8 Å². The first-order chi connectivity index (χ1) is 6.41. The van der Waals surface area contributed by atoms with Crippen molar-refractivity contribution in [3.05, 3.63) is 0 Å². The predicted molar refractivity (Wildman–Crippen MR) is 64.9 cm³/mol.